The lowest BCUT2D eigenvalue weighted by Crippen LogP contribution is -2.09. The molecule has 1 N–H and O–H groups in total. The average molecular weight is 313 g/mol. The summed E-state index contributed by atoms with van der Waals surface area (Å²) in [6, 6.07) is 10.1. The third-order valence-electron chi connectivity index (χ3n) is 2.93. The van der Waals surface area contributed by atoms with Gasteiger partial charge in [-0.15, -0.1) is 0 Å². The lowest BCUT2D eigenvalue weighted by molar-refractivity contribution is 0.627. The first kappa shape index (κ1) is 14.9. The molecule has 0 fully saturated rings. The minimum atomic E-state index is -0.336. The number of halogens is 3. The summed E-state index contributed by atoms with van der Waals surface area (Å²) >= 11 is 12.2. The highest BCUT2D eigenvalue weighted by Gasteiger charge is 2.05. The number of hydrogen-bond donors (Lipinski definition) is 1. The summed E-state index contributed by atoms with van der Waals surface area (Å²) in [7, 11) is 3.87. The van der Waals surface area contributed by atoms with Gasteiger partial charge in [-0.25, -0.2) is 4.39 Å². The normalized spacial score (nSPS) is 10.4. The molecule has 0 spiro atoms. The van der Waals surface area contributed by atoms with Crippen molar-refractivity contribution in [1.82, 2.24) is 0 Å². The smallest absolute Gasteiger partial charge is 0.124 e. The second-order valence-electron chi connectivity index (χ2n) is 4.65. The van der Waals surface area contributed by atoms with Crippen molar-refractivity contribution in [1.29, 1.82) is 0 Å². The molecule has 0 radical (unpaired) electrons. The molecule has 2 aromatic rings. The molecule has 0 saturated heterocycles. The molecule has 0 unspecified atom stereocenters. The van der Waals surface area contributed by atoms with Crippen molar-refractivity contribution in [3.63, 3.8) is 0 Å². The molecule has 0 saturated carbocycles. The van der Waals surface area contributed by atoms with Gasteiger partial charge in [0.1, 0.15) is 5.82 Å². The predicted octanol–water partition coefficient (Wildman–Crippen LogP) is 4.81. The first-order chi connectivity index (χ1) is 9.47. The van der Waals surface area contributed by atoms with Crippen LogP contribution in [0.1, 0.15) is 5.56 Å². The molecule has 0 aliphatic carbocycles. The highest BCUT2D eigenvalue weighted by molar-refractivity contribution is 6.33. The zero-order valence-corrected chi connectivity index (χ0v) is 12.8. The van der Waals surface area contributed by atoms with Crippen LogP contribution >= 0.6 is 23.2 Å². The molecule has 0 bridgehead atoms. The lowest BCUT2D eigenvalue weighted by atomic mass is 10.2. The Morgan fingerprint density at radius 2 is 1.80 bits per heavy atom. The van der Waals surface area contributed by atoms with E-state index >= 15 is 0 Å². The Morgan fingerprint density at radius 1 is 1.05 bits per heavy atom. The van der Waals surface area contributed by atoms with E-state index in [4.69, 9.17) is 23.2 Å². The van der Waals surface area contributed by atoms with E-state index in [-0.39, 0.29) is 5.82 Å². The van der Waals surface area contributed by atoms with Crippen LogP contribution < -0.4 is 10.2 Å². The minimum absolute atomic E-state index is 0.336. The Balaban J connectivity index is 2.09. The molecular formula is C15H15Cl2FN2. The van der Waals surface area contributed by atoms with E-state index in [1.54, 1.807) is 6.07 Å². The maximum Gasteiger partial charge on any atom is 0.124 e. The van der Waals surface area contributed by atoms with Crippen LogP contribution in [0.15, 0.2) is 36.4 Å². The fourth-order valence-electron chi connectivity index (χ4n) is 1.84. The van der Waals surface area contributed by atoms with Gasteiger partial charge in [0, 0.05) is 31.4 Å². The lowest BCUT2D eigenvalue weighted by Gasteiger charge is -2.16. The van der Waals surface area contributed by atoms with Crippen LogP contribution in [0.4, 0.5) is 15.8 Å². The highest BCUT2D eigenvalue weighted by atomic mass is 35.5. The molecule has 2 aromatic carbocycles. The van der Waals surface area contributed by atoms with E-state index in [2.05, 4.69) is 5.32 Å². The molecule has 20 heavy (non-hydrogen) atoms. The van der Waals surface area contributed by atoms with Crippen LogP contribution in [0.5, 0.6) is 0 Å². The van der Waals surface area contributed by atoms with E-state index in [0.717, 1.165) is 16.9 Å². The van der Waals surface area contributed by atoms with Gasteiger partial charge in [0.25, 0.3) is 0 Å². The topological polar surface area (TPSA) is 15.3 Å². The van der Waals surface area contributed by atoms with Crippen molar-refractivity contribution < 1.29 is 4.39 Å². The van der Waals surface area contributed by atoms with Crippen LogP contribution in [0, 0.1) is 5.82 Å². The van der Waals surface area contributed by atoms with Crippen molar-refractivity contribution in [2.24, 2.45) is 0 Å². The minimum Gasteiger partial charge on any atom is -0.381 e. The van der Waals surface area contributed by atoms with E-state index in [9.17, 15) is 4.39 Å². The molecule has 106 valence electrons. The zero-order valence-electron chi connectivity index (χ0n) is 11.3. The molecule has 0 amide bonds. The molecule has 2 rings (SSSR count). The average Bonchev–Trinajstić information content (AvgIpc) is 2.37. The fourth-order valence-corrected chi connectivity index (χ4v) is 2.43. The molecule has 0 aromatic heterocycles. The van der Waals surface area contributed by atoms with Gasteiger partial charge >= 0.3 is 0 Å². The summed E-state index contributed by atoms with van der Waals surface area (Å²) in [6.45, 7) is 0.511. The first-order valence-electron chi connectivity index (χ1n) is 6.12. The van der Waals surface area contributed by atoms with E-state index in [0.29, 0.717) is 16.6 Å². The maximum absolute atomic E-state index is 13.0. The summed E-state index contributed by atoms with van der Waals surface area (Å²) < 4.78 is 13.0. The Morgan fingerprint density at radius 3 is 2.40 bits per heavy atom. The Kier molecular flexibility index (Phi) is 4.73. The molecule has 2 nitrogen and oxygen atoms in total. The fraction of sp³-hybridized carbons (Fsp3) is 0.200. The van der Waals surface area contributed by atoms with Crippen molar-refractivity contribution in [3.05, 3.63) is 57.8 Å². The van der Waals surface area contributed by atoms with Crippen LogP contribution in [-0.2, 0) is 6.54 Å². The number of nitrogens with zero attached hydrogens (tertiary/aromatic N) is 1. The van der Waals surface area contributed by atoms with Gasteiger partial charge in [-0.05, 0) is 35.9 Å². The van der Waals surface area contributed by atoms with Crippen molar-refractivity contribution in [2.75, 3.05) is 24.3 Å². The van der Waals surface area contributed by atoms with Gasteiger partial charge in [0.2, 0.25) is 0 Å². The number of anilines is 2. The number of hydrogen-bond acceptors (Lipinski definition) is 2. The molecule has 0 aliphatic rings. The van der Waals surface area contributed by atoms with Crippen molar-refractivity contribution in [2.45, 2.75) is 6.54 Å². The number of rotatable bonds is 4. The molecular weight excluding hydrogens is 298 g/mol. The standard InChI is InChI=1S/C15H15Cl2FN2/c1-20(2)15-6-5-12(8-14(15)17)19-9-10-3-4-11(18)7-13(10)16/h3-8,19H,9H2,1-2H3. The van der Waals surface area contributed by atoms with Gasteiger partial charge in [-0.3, -0.25) is 0 Å². The maximum atomic E-state index is 13.0. The van der Waals surface area contributed by atoms with Gasteiger partial charge in [0.05, 0.1) is 10.7 Å². The summed E-state index contributed by atoms with van der Waals surface area (Å²) in [5.41, 5.74) is 2.68. The first-order valence-corrected chi connectivity index (χ1v) is 6.87. The molecule has 0 heterocycles. The Hall–Kier alpha value is -1.45. The van der Waals surface area contributed by atoms with Crippen molar-refractivity contribution in [3.8, 4) is 0 Å². The monoisotopic (exact) mass is 312 g/mol. The van der Waals surface area contributed by atoms with Crippen LogP contribution in [0.25, 0.3) is 0 Å². The zero-order chi connectivity index (χ0) is 14.7. The second-order valence-corrected chi connectivity index (χ2v) is 5.46. The molecule has 5 heteroatoms. The van der Waals surface area contributed by atoms with Gasteiger partial charge in [-0.1, -0.05) is 29.3 Å². The van der Waals surface area contributed by atoms with Crippen LogP contribution in [-0.4, -0.2) is 14.1 Å². The number of nitrogens with one attached hydrogen (secondary N) is 1. The van der Waals surface area contributed by atoms with Crippen molar-refractivity contribution >= 4 is 34.6 Å². The van der Waals surface area contributed by atoms with Gasteiger partial charge in [0.15, 0.2) is 0 Å². The summed E-state index contributed by atoms with van der Waals surface area (Å²) in [4.78, 5) is 1.95. The SMILES string of the molecule is CN(C)c1ccc(NCc2ccc(F)cc2Cl)cc1Cl. The second kappa shape index (κ2) is 6.33. The third-order valence-corrected chi connectivity index (χ3v) is 3.58. The Bertz CT molecular complexity index is 615. The van der Waals surface area contributed by atoms with Crippen LogP contribution in [0.2, 0.25) is 10.0 Å². The van der Waals surface area contributed by atoms with Gasteiger partial charge < -0.3 is 10.2 Å². The Labute approximate surface area is 128 Å². The number of benzene rings is 2. The van der Waals surface area contributed by atoms with E-state index in [1.165, 1.54) is 12.1 Å². The molecule has 0 aliphatic heterocycles. The van der Waals surface area contributed by atoms with E-state index in [1.807, 2.05) is 37.2 Å². The predicted molar refractivity (Wildman–Crippen MR) is 84.5 cm³/mol. The third kappa shape index (κ3) is 3.56. The largest absolute Gasteiger partial charge is 0.381 e. The summed E-state index contributed by atoms with van der Waals surface area (Å²) in [6.07, 6.45) is 0. The van der Waals surface area contributed by atoms with E-state index < -0.39 is 0 Å². The van der Waals surface area contributed by atoms with Gasteiger partial charge in [-0.2, -0.15) is 0 Å². The summed E-state index contributed by atoms with van der Waals surface area (Å²) in [5.74, 6) is -0.336. The molecule has 0 atom stereocenters. The highest BCUT2D eigenvalue weighted by Crippen LogP contribution is 2.28. The quantitative estimate of drug-likeness (QED) is 0.871. The summed E-state index contributed by atoms with van der Waals surface area (Å²) in [5, 5.41) is 4.30. The van der Waals surface area contributed by atoms with Crippen LogP contribution in [0.3, 0.4) is 0 Å².